The lowest BCUT2D eigenvalue weighted by Gasteiger charge is -2.38. The van der Waals surface area contributed by atoms with Gasteiger partial charge in [0.05, 0.1) is 0 Å². The van der Waals surface area contributed by atoms with E-state index in [1.54, 1.807) is 6.92 Å². The second-order valence-corrected chi connectivity index (χ2v) is 6.08. The van der Waals surface area contributed by atoms with Crippen molar-refractivity contribution in [2.45, 2.75) is 52.6 Å². The number of carbonyl (C=O) groups is 1. The Balaban J connectivity index is 1.88. The largest absolute Gasteiger partial charge is 0.343 e. The zero-order valence-corrected chi connectivity index (χ0v) is 13.6. The molecule has 0 unspecified atom stereocenters. The van der Waals surface area contributed by atoms with Gasteiger partial charge in [0.2, 0.25) is 5.91 Å². The lowest BCUT2D eigenvalue weighted by molar-refractivity contribution is -0.131. The first-order chi connectivity index (χ1) is 10.1. The summed E-state index contributed by atoms with van der Waals surface area (Å²) in [6, 6.07) is 9.39. The molecular weight excluding hydrogens is 260 g/mol. The SMILES string of the molecule is CCc1ccc(CN[C@H]2CCN(C(C)=O)C[C@H]2CC)cc1. The fourth-order valence-corrected chi connectivity index (χ4v) is 3.14. The number of aryl methyl sites for hydroxylation is 1. The number of likely N-dealkylation sites (tertiary alicyclic amines) is 1. The maximum Gasteiger partial charge on any atom is 0.219 e. The van der Waals surface area contributed by atoms with Crippen molar-refractivity contribution in [1.82, 2.24) is 10.2 Å². The fraction of sp³-hybridized carbons (Fsp3) is 0.611. The number of hydrogen-bond donors (Lipinski definition) is 1. The van der Waals surface area contributed by atoms with E-state index in [0.29, 0.717) is 12.0 Å². The van der Waals surface area contributed by atoms with Crippen LogP contribution in [0.3, 0.4) is 0 Å². The maximum absolute atomic E-state index is 11.5. The summed E-state index contributed by atoms with van der Waals surface area (Å²) in [5.74, 6) is 0.777. The number of benzene rings is 1. The molecule has 0 radical (unpaired) electrons. The molecule has 0 aromatic heterocycles. The van der Waals surface area contributed by atoms with Gasteiger partial charge in [0.15, 0.2) is 0 Å². The van der Waals surface area contributed by atoms with Gasteiger partial charge in [-0.15, -0.1) is 0 Å². The Labute approximate surface area is 128 Å². The number of piperidine rings is 1. The molecule has 116 valence electrons. The second kappa shape index (κ2) is 7.60. The van der Waals surface area contributed by atoms with E-state index in [-0.39, 0.29) is 5.91 Å². The predicted octanol–water partition coefficient (Wildman–Crippen LogP) is 2.99. The zero-order valence-electron chi connectivity index (χ0n) is 13.6. The molecule has 1 saturated heterocycles. The molecular formula is C18H28N2O. The van der Waals surface area contributed by atoms with Crippen molar-refractivity contribution in [3.8, 4) is 0 Å². The van der Waals surface area contributed by atoms with Gasteiger partial charge in [0.25, 0.3) is 0 Å². The number of rotatable bonds is 5. The molecule has 1 aliphatic rings. The summed E-state index contributed by atoms with van der Waals surface area (Å²) < 4.78 is 0. The zero-order chi connectivity index (χ0) is 15.2. The van der Waals surface area contributed by atoms with Crippen molar-refractivity contribution < 1.29 is 4.79 Å². The van der Waals surface area contributed by atoms with Crippen LogP contribution in [-0.2, 0) is 17.8 Å². The van der Waals surface area contributed by atoms with Crippen molar-refractivity contribution in [2.24, 2.45) is 5.92 Å². The number of hydrogen-bond acceptors (Lipinski definition) is 2. The van der Waals surface area contributed by atoms with Crippen LogP contribution < -0.4 is 5.32 Å². The summed E-state index contributed by atoms with van der Waals surface area (Å²) in [7, 11) is 0. The molecule has 2 atom stereocenters. The molecule has 1 N–H and O–H groups in total. The Morgan fingerprint density at radius 1 is 1.24 bits per heavy atom. The van der Waals surface area contributed by atoms with Crippen LogP contribution in [0.5, 0.6) is 0 Å². The normalized spacial score (nSPS) is 22.3. The molecule has 1 heterocycles. The van der Waals surface area contributed by atoms with Crippen molar-refractivity contribution in [3.63, 3.8) is 0 Å². The summed E-state index contributed by atoms with van der Waals surface area (Å²) in [4.78, 5) is 13.5. The van der Waals surface area contributed by atoms with Crippen molar-refractivity contribution >= 4 is 5.91 Å². The van der Waals surface area contributed by atoms with E-state index in [9.17, 15) is 4.79 Å². The minimum absolute atomic E-state index is 0.210. The highest BCUT2D eigenvalue weighted by Crippen LogP contribution is 2.21. The van der Waals surface area contributed by atoms with Crippen LogP contribution in [0.4, 0.5) is 0 Å². The van der Waals surface area contributed by atoms with Crippen molar-refractivity contribution in [2.75, 3.05) is 13.1 Å². The third-order valence-electron chi connectivity index (χ3n) is 4.70. The summed E-state index contributed by atoms with van der Waals surface area (Å²) in [5.41, 5.74) is 2.73. The van der Waals surface area contributed by atoms with Gasteiger partial charge in [0, 0.05) is 32.6 Å². The van der Waals surface area contributed by atoms with Gasteiger partial charge in [-0.25, -0.2) is 0 Å². The molecule has 1 aromatic rings. The van der Waals surface area contributed by atoms with Gasteiger partial charge in [-0.05, 0) is 29.9 Å². The molecule has 1 aliphatic heterocycles. The van der Waals surface area contributed by atoms with Gasteiger partial charge in [-0.1, -0.05) is 44.5 Å². The molecule has 21 heavy (non-hydrogen) atoms. The minimum atomic E-state index is 0.210. The molecule has 0 aliphatic carbocycles. The topological polar surface area (TPSA) is 32.3 Å². The van der Waals surface area contributed by atoms with E-state index in [0.717, 1.165) is 38.9 Å². The Morgan fingerprint density at radius 2 is 1.90 bits per heavy atom. The standard InChI is InChI=1S/C18H28N2O/c1-4-15-6-8-16(9-7-15)12-19-18-10-11-20(14(3)21)13-17(18)5-2/h6-9,17-19H,4-5,10-13H2,1-3H3/t17-,18+/m1/s1. The number of nitrogens with zero attached hydrogens (tertiary/aromatic N) is 1. The molecule has 0 spiro atoms. The summed E-state index contributed by atoms with van der Waals surface area (Å²) in [5, 5.41) is 3.70. The molecule has 0 bridgehead atoms. The highest BCUT2D eigenvalue weighted by molar-refractivity contribution is 5.73. The van der Waals surface area contributed by atoms with Crippen LogP contribution in [0.25, 0.3) is 0 Å². The molecule has 1 amide bonds. The Kier molecular flexibility index (Phi) is 5.80. The Hall–Kier alpha value is -1.35. The van der Waals surface area contributed by atoms with Crippen molar-refractivity contribution in [3.05, 3.63) is 35.4 Å². The van der Waals surface area contributed by atoms with E-state index in [1.807, 2.05) is 4.90 Å². The van der Waals surface area contributed by atoms with Gasteiger partial charge < -0.3 is 10.2 Å². The van der Waals surface area contributed by atoms with Gasteiger partial charge in [-0.3, -0.25) is 4.79 Å². The smallest absolute Gasteiger partial charge is 0.219 e. The van der Waals surface area contributed by atoms with Crippen LogP contribution >= 0.6 is 0 Å². The molecule has 3 nitrogen and oxygen atoms in total. The summed E-state index contributed by atoms with van der Waals surface area (Å²) >= 11 is 0. The van der Waals surface area contributed by atoms with E-state index in [4.69, 9.17) is 0 Å². The monoisotopic (exact) mass is 288 g/mol. The van der Waals surface area contributed by atoms with Gasteiger partial charge >= 0.3 is 0 Å². The number of nitrogens with one attached hydrogen (secondary N) is 1. The van der Waals surface area contributed by atoms with E-state index in [2.05, 4.69) is 43.4 Å². The average molecular weight is 288 g/mol. The van der Waals surface area contributed by atoms with E-state index in [1.165, 1.54) is 11.1 Å². The van der Waals surface area contributed by atoms with Crippen LogP contribution in [0.1, 0.15) is 44.7 Å². The fourth-order valence-electron chi connectivity index (χ4n) is 3.14. The lowest BCUT2D eigenvalue weighted by atomic mass is 9.89. The van der Waals surface area contributed by atoms with Crippen LogP contribution in [0.2, 0.25) is 0 Å². The van der Waals surface area contributed by atoms with E-state index < -0.39 is 0 Å². The average Bonchev–Trinajstić information content (AvgIpc) is 2.53. The minimum Gasteiger partial charge on any atom is -0.343 e. The predicted molar refractivity (Wildman–Crippen MR) is 87.1 cm³/mol. The number of carbonyl (C=O) groups excluding carboxylic acids is 1. The van der Waals surface area contributed by atoms with Crippen molar-refractivity contribution in [1.29, 1.82) is 0 Å². The van der Waals surface area contributed by atoms with Gasteiger partial charge in [-0.2, -0.15) is 0 Å². The Bertz CT molecular complexity index is 455. The Morgan fingerprint density at radius 3 is 2.48 bits per heavy atom. The lowest BCUT2D eigenvalue weighted by Crippen LogP contribution is -2.50. The molecule has 2 rings (SSSR count). The highest BCUT2D eigenvalue weighted by atomic mass is 16.2. The van der Waals surface area contributed by atoms with Crippen LogP contribution in [0, 0.1) is 5.92 Å². The first kappa shape index (κ1) is 16.0. The van der Waals surface area contributed by atoms with E-state index >= 15 is 0 Å². The summed E-state index contributed by atoms with van der Waals surface area (Å²) in [6.45, 7) is 8.79. The first-order valence-electron chi connectivity index (χ1n) is 8.20. The highest BCUT2D eigenvalue weighted by Gasteiger charge is 2.28. The van der Waals surface area contributed by atoms with Crippen LogP contribution in [0.15, 0.2) is 24.3 Å². The molecule has 0 saturated carbocycles. The first-order valence-corrected chi connectivity index (χ1v) is 8.20. The third-order valence-corrected chi connectivity index (χ3v) is 4.70. The maximum atomic E-state index is 11.5. The molecule has 1 aromatic carbocycles. The third kappa shape index (κ3) is 4.31. The van der Waals surface area contributed by atoms with Crippen LogP contribution in [-0.4, -0.2) is 29.9 Å². The second-order valence-electron chi connectivity index (χ2n) is 6.08. The molecule has 1 fully saturated rings. The summed E-state index contributed by atoms with van der Waals surface area (Å²) in [6.07, 6.45) is 3.27. The van der Waals surface area contributed by atoms with Gasteiger partial charge in [0.1, 0.15) is 0 Å². The quantitative estimate of drug-likeness (QED) is 0.903. The number of amides is 1. The molecule has 3 heteroatoms.